The monoisotopic (exact) mass is 438 g/mol. The molecule has 0 aliphatic carbocycles. The number of piperazine rings is 1. The summed E-state index contributed by atoms with van der Waals surface area (Å²) < 4.78 is 38.0. The first-order chi connectivity index (χ1) is 14.0. The highest BCUT2D eigenvalue weighted by atomic mass is 32.2. The van der Waals surface area contributed by atoms with Crippen molar-refractivity contribution in [2.24, 2.45) is 0 Å². The van der Waals surface area contributed by atoms with E-state index < -0.39 is 10.0 Å². The summed E-state index contributed by atoms with van der Waals surface area (Å²) in [7, 11) is -0.816. The third kappa shape index (κ3) is 5.09. The van der Waals surface area contributed by atoms with Gasteiger partial charge in [0, 0.05) is 43.5 Å². The second-order valence-corrected chi connectivity index (χ2v) is 9.67. The first-order valence-corrected chi connectivity index (χ1v) is 11.8. The van der Waals surface area contributed by atoms with E-state index in [0.717, 1.165) is 12.8 Å². The number of sulfonamides is 1. The van der Waals surface area contributed by atoms with Crippen molar-refractivity contribution in [3.05, 3.63) is 40.6 Å². The van der Waals surface area contributed by atoms with Crippen molar-refractivity contribution in [1.82, 2.24) is 9.21 Å². The fourth-order valence-electron chi connectivity index (χ4n) is 3.33. The predicted octanol–water partition coefficient (Wildman–Crippen LogP) is 2.62. The summed E-state index contributed by atoms with van der Waals surface area (Å²) >= 11 is 1.70. The molecule has 0 unspecified atom stereocenters. The molecule has 1 aromatic heterocycles. The Kier molecular flexibility index (Phi) is 7.15. The van der Waals surface area contributed by atoms with Crippen LogP contribution in [0.15, 0.2) is 40.6 Å². The number of benzene rings is 1. The molecular formula is C20H26N2O5S2. The molecule has 0 saturated carbocycles. The van der Waals surface area contributed by atoms with Crippen LogP contribution >= 0.6 is 11.3 Å². The van der Waals surface area contributed by atoms with E-state index in [1.165, 1.54) is 29.5 Å². The molecule has 1 aliphatic rings. The van der Waals surface area contributed by atoms with Crippen LogP contribution in [0.25, 0.3) is 0 Å². The van der Waals surface area contributed by atoms with Crippen LogP contribution in [0.1, 0.15) is 17.7 Å². The minimum atomic E-state index is -3.74. The Balaban J connectivity index is 1.59. The third-order valence-electron chi connectivity index (χ3n) is 4.97. The van der Waals surface area contributed by atoms with Gasteiger partial charge < -0.3 is 14.4 Å². The number of hydrogen-bond donors (Lipinski definition) is 0. The van der Waals surface area contributed by atoms with E-state index in [1.54, 1.807) is 28.4 Å². The normalized spacial score (nSPS) is 15.3. The predicted molar refractivity (Wildman–Crippen MR) is 112 cm³/mol. The van der Waals surface area contributed by atoms with Crippen LogP contribution in [0.5, 0.6) is 11.5 Å². The van der Waals surface area contributed by atoms with Crippen molar-refractivity contribution in [2.75, 3.05) is 40.4 Å². The lowest BCUT2D eigenvalue weighted by Gasteiger charge is -2.34. The first kappa shape index (κ1) is 21.6. The third-order valence-corrected chi connectivity index (χ3v) is 7.83. The van der Waals surface area contributed by atoms with Gasteiger partial charge in [-0.25, -0.2) is 8.42 Å². The Morgan fingerprint density at radius 2 is 1.86 bits per heavy atom. The molecule has 158 valence electrons. The molecule has 0 radical (unpaired) electrons. The van der Waals surface area contributed by atoms with Gasteiger partial charge in [-0.05, 0) is 36.4 Å². The summed E-state index contributed by atoms with van der Waals surface area (Å²) in [5.74, 6) is 0.805. The zero-order valence-corrected chi connectivity index (χ0v) is 18.3. The van der Waals surface area contributed by atoms with Crippen molar-refractivity contribution in [2.45, 2.75) is 24.2 Å². The van der Waals surface area contributed by atoms with Gasteiger partial charge in [0.15, 0.2) is 0 Å². The van der Waals surface area contributed by atoms with Crippen LogP contribution in [0.4, 0.5) is 0 Å². The SMILES string of the molecule is COc1ccc(OC)c(S(=O)(=O)N2CCN(C(=O)CCCc3cccs3)CC2)c1. The number of nitrogens with zero attached hydrogens (tertiary/aromatic N) is 2. The lowest BCUT2D eigenvalue weighted by Crippen LogP contribution is -2.50. The topological polar surface area (TPSA) is 76.2 Å². The maximum atomic E-state index is 13.1. The summed E-state index contributed by atoms with van der Waals surface area (Å²) in [4.78, 5) is 15.6. The minimum Gasteiger partial charge on any atom is -0.497 e. The molecule has 3 rings (SSSR count). The van der Waals surface area contributed by atoms with Crippen LogP contribution in [-0.2, 0) is 21.2 Å². The van der Waals surface area contributed by atoms with Gasteiger partial charge >= 0.3 is 0 Å². The zero-order valence-electron chi connectivity index (χ0n) is 16.7. The largest absolute Gasteiger partial charge is 0.497 e. The van der Waals surface area contributed by atoms with Gasteiger partial charge in [-0.2, -0.15) is 4.31 Å². The lowest BCUT2D eigenvalue weighted by atomic mass is 10.2. The average molecular weight is 439 g/mol. The minimum absolute atomic E-state index is 0.0788. The number of ether oxygens (including phenoxy) is 2. The zero-order chi connectivity index (χ0) is 20.9. The maximum absolute atomic E-state index is 13.1. The molecule has 0 N–H and O–H groups in total. The molecule has 0 spiro atoms. The summed E-state index contributed by atoms with van der Waals surface area (Å²) in [6.45, 7) is 1.31. The molecule has 1 aromatic carbocycles. The summed E-state index contributed by atoms with van der Waals surface area (Å²) in [6, 6.07) is 8.80. The number of methoxy groups -OCH3 is 2. The highest BCUT2D eigenvalue weighted by Crippen LogP contribution is 2.31. The van der Waals surface area contributed by atoms with E-state index in [-0.39, 0.29) is 29.6 Å². The van der Waals surface area contributed by atoms with Crippen LogP contribution in [0, 0.1) is 0 Å². The summed E-state index contributed by atoms with van der Waals surface area (Å²) in [5, 5.41) is 2.04. The van der Waals surface area contributed by atoms with Crippen LogP contribution in [0.2, 0.25) is 0 Å². The number of thiophene rings is 1. The fraction of sp³-hybridized carbons (Fsp3) is 0.450. The number of carbonyl (C=O) groups excluding carboxylic acids is 1. The molecular weight excluding hydrogens is 412 g/mol. The maximum Gasteiger partial charge on any atom is 0.247 e. The Bertz CT molecular complexity index is 920. The second-order valence-electron chi connectivity index (χ2n) is 6.73. The summed E-state index contributed by atoms with van der Waals surface area (Å²) in [6.07, 6.45) is 2.18. The van der Waals surface area contributed by atoms with Crippen molar-refractivity contribution in [3.63, 3.8) is 0 Å². The van der Waals surface area contributed by atoms with Crippen molar-refractivity contribution in [1.29, 1.82) is 0 Å². The van der Waals surface area contributed by atoms with Crippen molar-refractivity contribution in [3.8, 4) is 11.5 Å². The number of aryl methyl sites for hydroxylation is 1. The average Bonchev–Trinajstić information content (AvgIpc) is 3.26. The molecule has 2 aromatic rings. The van der Waals surface area contributed by atoms with Crippen molar-refractivity contribution < 1.29 is 22.7 Å². The molecule has 7 nitrogen and oxygen atoms in total. The molecule has 1 amide bonds. The van der Waals surface area contributed by atoms with E-state index in [4.69, 9.17) is 9.47 Å². The van der Waals surface area contributed by atoms with E-state index in [0.29, 0.717) is 25.3 Å². The van der Waals surface area contributed by atoms with Gasteiger partial charge in [0.05, 0.1) is 14.2 Å². The molecule has 1 aliphatic heterocycles. The van der Waals surface area contributed by atoms with Crippen LogP contribution in [-0.4, -0.2) is 63.9 Å². The lowest BCUT2D eigenvalue weighted by molar-refractivity contribution is -0.132. The molecule has 2 heterocycles. The first-order valence-electron chi connectivity index (χ1n) is 9.48. The number of carbonyl (C=O) groups is 1. The molecule has 0 bridgehead atoms. The van der Waals surface area contributed by atoms with E-state index in [2.05, 4.69) is 6.07 Å². The molecule has 0 atom stereocenters. The highest BCUT2D eigenvalue weighted by molar-refractivity contribution is 7.89. The molecule has 1 saturated heterocycles. The van der Waals surface area contributed by atoms with Gasteiger partial charge in [-0.1, -0.05) is 6.07 Å². The standard InChI is InChI=1S/C20H26N2O5S2/c1-26-16-8-9-18(27-2)19(15-16)29(24,25)22-12-10-21(11-13-22)20(23)7-3-5-17-6-4-14-28-17/h4,6,8-9,14-15H,3,5,7,10-13H2,1-2H3. The number of hydrogen-bond acceptors (Lipinski definition) is 6. The Hall–Kier alpha value is -2.10. The highest BCUT2D eigenvalue weighted by Gasteiger charge is 2.32. The van der Waals surface area contributed by atoms with Gasteiger partial charge in [0.1, 0.15) is 16.4 Å². The van der Waals surface area contributed by atoms with Gasteiger partial charge in [0.25, 0.3) is 0 Å². The van der Waals surface area contributed by atoms with Gasteiger partial charge in [-0.3, -0.25) is 4.79 Å². The second kappa shape index (κ2) is 9.60. The Morgan fingerprint density at radius 3 is 2.48 bits per heavy atom. The molecule has 9 heteroatoms. The van der Waals surface area contributed by atoms with Crippen LogP contribution < -0.4 is 9.47 Å². The van der Waals surface area contributed by atoms with Gasteiger partial charge in [-0.15, -0.1) is 11.3 Å². The van der Waals surface area contributed by atoms with E-state index in [9.17, 15) is 13.2 Å². The van der Waals surface area contributed by atoms with E-state index >= 15 is 0 Å². The van der Waals surface area contributed by atoms with Crippen LogP contribution in [0.3, 0.4) is 0 Å². The quantitative estimate of drug-likeness (QED) is 0.633. The number of rotatable bonds is 8. The Morgan fingerprint density at radius 1 is 1.10 bits per heavy atom. The fourth-order valence-corrected chi connectivity index (χ4v) is 5.67. The smallest absolute Gasteiger partial charge is 0.247 e. The van der Waals surface area contributed by atoms with Gasteiger partial charge in [0.2, 0.25) is 15.9 Å². The van der Waals surface area contributed by atoms with Crippen molar-refractivity contribution >= 4 is 27.3 Å². The molecule has 1 fully saturated rings. The number of amides is 1. The molecule has 29 heavy (non-hydrogen) atoms. The Labute approximate surface area is 175 Å². The summed E-state index contributed by atoms with van der Waals surface area (Å²) in [5.41, 5.74) is 0. The van der Waals surface area contributed by atoms with E-state index in [1.807, 2.05) is 11.4 Å².